The van der Waals surface area contributed by atoms with Crippen molar-refractivity contribution < 1.29 is 14.4 Å². The topological polar surface area (TPSA) is 63.4 Å². The Kier molecular flexibility index (Phi) is 4.37. The van der Waals surface area contributed by atoms with Crippen LogP contribution in [0, 0.1) is 15.9 Å². The van der Waals surface area contributed by atoms with Crippen molar-refractivity contribution in [3.63, 3.8) is 0 Å². The average Bonchev–Trinajstić information content (AvgIpc) is 2.40. The van der Waals surface area contributed by atoms with Gasteiger partial charge in [0, 0.05) is 10.6 Å². The lowest BCUT2D eigenvalue weighted by molar-refractivity contribution is -0.386. The third-order valence-corrected chi connectivity index (χ3v) is 3.73. The molecule has 7 heteroatoms. The molecule has 0 aliphatic rings. The molecule has 0 saturated carbocycles. The highest BCUT2D eigenvalue weighted by molar-refractivity contribution is 9.10. The number of aliphatic hydroxyl groups excluding tert-OH is 1. The average molecular weight is 361 g/mol. The predicted molar refractivity (Wildman–Crippen MR) is 76.3 cm³/mol. The Labute approximate surface area is 127 Å². The number of rotatable bonds is 3. The van der Waals surface area contributed by atoms with Gasteiger partial charge in [0.15, 0.2) is 0 Å². The summed E-state index contributed by atoms with van der Waals surface area (Å²) in [5, 5.41) is 21.5. The summed E-state index contributed by atoms with van der Waals surface area (Å²) in [6.45, 7) is 0. The summed E-state index contributed by atoms with van der Waals surface area (Å²) in [7, 11) is 0. The van der Waals surface area contributed by atoms with E-state index in [-0.39, 0.29) is 26.3 Å². The maximum absolute atomic E-state index is 13.2. The van der Waals surface area contributed by atoms with Crippen LogP contribution in [0.1, 0.15) is 17.2 Å². The van der Waals surface area contributed by atoms with Gasteiger partial charge in [-0.25, -0.2) is 4.39 Å². The monoisotopic (exact) mass is 359 g/mol. The molecule has 0 radical (unpaired) electrons. The zero-order chi connectivity index (χ0) is 14.9. The summed E-state index contributed by atoms with van der Waals surface area (Å²) in [6, 6.07) is 7.92. The number of nitrogens with zero attached hydrogens (tertiary/aromatic N) is 1. The predicted octanol–water partition coefficient (Wildman–Crippen LogP) is 4.23. The van der Waals surface area contributed by atoms with Crippen LogP contribution in [-0.2, 0) is 0 Å². The molecule has 104 valence electrons. The summed E-state index contributed by atoms with van der Waals surface area (Å²) in [5.41, 5.74) is -0.162. The summed E-state index contributed by atoms with van der Waals surface area (Å²) >= 11 is 8.97. The molecule has 0 saturated heterocycles. The Morgan fingerprint density at radius 2 is 2.00 bits per heavy atom. The lowest BCUT2D eigenvalue weighted by Crippen LogP contribution is -2.05. The molecule has 0 aliphatic carbocycles. The van der Waals surface area contributed by atoms with Gasteiger partial charge in [-0.2, -0.15) is 0 Å². The van der Waals surface area contributed by atoms with Crippen molar-refractivity contribution in [3.8, 4) is 0 Å². The van der Waals surface area contributed by atoms with Gasteiger partial charge in [0.1, 0.15) is 11.9 Å². The second-order valence-electron chi connectivity index (χ2n) is 4.00. The molecule has 2 aromatic carbocycles. The Morgan fingerprint density at radius 3 is 2.65 bits per heavy atom. The van der Waals surface area contributed by atoms with E-state index in [0.717, 1.165) is 12.1 Å². The number of halogens is 3. The minimum Gasteiger partial charge on any atom is -0.383 e. The van der Waals surface area contributed by atoms with E-state index in [2.05, 4.69) is 15.9 Å². The zero-order valence-electron chi connectivity index (χ0n) is 9.89. The van der Waals surface area contributed by atoms with E-state index in [1.165, 1.54) is 18.2 Å². The molecular weight excluding hydrogens is 353 g/mol. The van der Waals surface area contributed by atoms with Gasteiger partial charge in [0.05, 0.1) is 15.0 Å². The summed E-state index contributed by atoms with van der Waals surface area (Å²) in [4.78, 5) is 10.5. The molecule has 0 heterocycles. The lowest BCUT2D eigenvalue weighted by atomic mass is 10.00. The third-order valence-electron chi connectivity index (χ3n) is 2.75. The van der Waals surface area contributed by atoms with Gasteiger partial charge in [-0.3, -0.25) is 10.1 Å². The van der Waals surface area contributed by atoms with Crippen LogP contribution in [0.15, 0.2) is 40.9 Å². The van der Waals surface area contributed by atoms with E-state index < -0.39 is 16.8 Å². The fraction of sp³-hybridized carbons (Fsp3) is 0.0769. The van der Waals surface area contributed by atoms with Crippen molar-refractivity contribution in [1.82, 2.24) is 0 Å². The van der Waals surface area contributed by atoms with Crippen molar-refractivity contribution in [2.45, 2.75) is 6.10 Å². The maximum Gasteiger partial charge on any atom is 0.289 e. The molecule has 0 fully saturated rings. The molecule has 1 N–H and O–H groups in total. The summed E-state index contributed by atoms with van der Waals surface area (Å²) in [6.07, 6.45) is -1.39. The fourth-order valence-electron chi connectivity index (χ4n) is 1.84. The van der Waals surface area contributed by atoms with Crippen LogP contribution in [0.2, 0.25) is 5.02 Å². The molecule has 0 bridgehead atoms. The van der Waals surface area contributed by atoms with Crippen LogP contribution in [0.25, 0.3) is 0 Å². The first-order chi connectivity index (χ1) is 9.41. The van der Waals surface area contributed by atoms with E-state index >= 15 is 0 Å². The van der Waals surface area contributed by atoms with E-state index in [0.29, 0.717) is 0 Å². The van der Waals surface area contributed by atoms with Crippen molar-refractivity contribution in [1.29, 1.82) is 0 Å². The number of hydrogen-bond donors (Lipinski definition) is 1. The van der Waals surface area contributed by atoms with Crippen molar-refractivity contribution in [3.05, 3.63) is 73.0 Å². The number of nitro benzene ring substituents is 1. The molecule has 2 rings (SSSR count). The second-order valence-corrected chi connectivity index (χ2v) is 5.26. The zero-order valence-corrected chi connectivity index (χ0v) is 12.2. The standard InChI is InChI=1S/C13H8BrClFNO3/c14-10-3-1-2-8(12(10)17(19)20)13(18)9-6-7(16)4-5-11(9)15/h1-6,13,18H. The smallest absolute Gasteiger partial charge is 0.289 e. The minimum atomic E-state index is -1.39. The Morgan fingerprint density at radius 1 is 1.30 bits per heavy atom. The molecule has 20 heavy (non-hydrogen) atoms. The number of para-hydroxylation sites is 1. The quantitative estimate of drug-likeness (QED) is 0.658. The molecule has 2 aromatic rings. The summed E-state index contributed by atoms with van der Waals surface area (Å²) in [5.74, 6) is -0.582. The first-order valence-electron chi connectivity index (χ1n) is 5.47. The number of hydrogen-bond acceptors (Lipinski definition) is 3. The number of aliphatic hydroxyl groups is 1. The van der Waals surface area contributed by atoms with Crippen molar-refractivity contribution >= 4 is 33.2 Å². The highest BCUT2D eigenvalue weighted by Crippen LogP contribution is 2.37. The molecule has 0 amide bonds. The van der Waals surface area contributed by atoms with Gasteiger partial charge in [-0.15, -0.1) is 0 Å². The highest BCUT2D eigenvalue weighted by Gasteiger charge is 2.26. The van der Waals surface area contributed by atoms with Crippen LogP contribution in [0.3, 0.4) is 0 Å². The largest absolute Gasteiger partial charge is 0.383 e. The molecule has 0 spiro atoms. The van der Waals surface area contributed by atoms with Crippen molar-refractivity contribution in [2.75, 3.05) is 0 Å². The minimum absolute atomic E-state index is 0.0388. The van der Waals surface area contributed by atoms with Gasteiger partial charge < -0.3 is 5.11 Å². The van der Waals surface area contributed by atoms with Crippen LogP contribution < -0.4 is 0 Å². The normalized spacial score (nSPS) is 12.2. The maximum atomic E-state index is 13.2. The third kappa shape index (κ3) is 2.82. The summed E-state index contributed by atoms with van der Waals surface area (Å²) < 4.78 is 13.5. The molecule has 0 aliphatic heterocycles. The van der Waals surface area contributed by atoms with Crippen LogP contribution in [-0.4, -0.2) is 10.0 Å². The van der Waals surface area contributed by atoms with Crippen LogP contribution in [0.5, 0.6) is 0 Å². The molecule has 1 atom stereocenters. The van der Waals surface area contributed by atoms with Crippen molar-refractivity contribution in [2.24, 2.45) is 0 Å². The van der Waals surface area contributed by atoms with Gasteiger partial charge in [-0.1, -0.05) is 17.7 Å². The first-order valence-corrected chi connectivity index (χ1v) is 6.64. The van der Waals surface area contributed by atoms with Gasteiger partial charge in [0.25, 0.3) is 5.69 Å². The number of nitro groups is 1. The van der Waals surface area contributed by atoms with E-state index in [1.54, 1.807) is 6.07 Å². The van der Waals surface area contributed by atoms with Gasteiger partial charge in [0.2, 0.25) is 0 Å². The van der Waals surface area contributed by atoms with E-state index in [9.17, 15) is 19.6 Å². The second kappa shape index (κ2) is 5.87. The highest BCUT2D eigenvalue weighted by atomic mass is 79.9. The van der Waals surface area contributed by atoms with Crippen LogP contribution >= 0.6 is 27.5 Å². The molecule has 4 nitrogen and oxygen atoms in total. The fourth-order valence-corrected chi connectivity index (χ4v) is 2.58. The molecule has 1 unspecified atom stereocenters. The Balaban J connectivity index is 2.59. The Hall–Kier alpha value is -1.50. The van der Waals surface area contributed by atoms with Gasteiger partial charge >= 0.3 is 0 Å². The Bertz CT molecular complexity index is 681. The van der Waals surface area contributed by atoms with E-state index in [4.69, 9.17) is 11.6 Å². The number of benzene rings is 2. The SMILES string of the molecule is O=[N+]([O-])c1c(Br)cccc1C(O)c1cc(F)ccc1Cl. The molecular formula is C13H8BrClFNO3. The lowest BCUT2D eigenvalue weighted by Gasteiger charge is -2.14. The van der Waals surface area contributed by atoms with Gasteiger partial charge in [-0.05, 0) is 46.3 Å². The first kappa shape index (κ1) is 14.9. The van der Waals surface area contributed by atoms with Crippen LogP contribution in [0.4, 0.5) is 10.1 Å². The van der Waals surface area contributed by atoms with E-state index in [1.807, 2.05) is 0 Å². The molecule has 0 aromatic heterocycles.